The van der Waals surface area contributed by atoms with Gasteiger partial charge in [0.2, 0.25) is 5.91 Å². The standard InChI is InChI=1S/C17H17N3O5S2.HI/c18-13-15(23)20-14(17(24)25)10(8-27-16(13)20)2-1-5-19-6-3-11(4-7-19)26-9-12(21)22;/h1-4,6-7,13,16H,5,8-9,18H2,(H-,21,22,24,25);1H/t13-,16-;/m1./s1. The van der Waals surface area contributed by atoms with Crippen molar-refractivity contribution >= 4 is 65.3 Å². The summed E-state index contributed by atoms with van der Waals surface area (Å²) in [6, 6.07) is 2.96. The molecule has 0 aromatic carbocycles. The lowest BCUT2D eigenvalue weighted by Crippen LogP contribution is -2.69. The van der Waals surface area contributed by atoms with Crippen LogP contribution < -0.4 is 15.4 Å². The lowest BCUT2D eigenvalue weighted by atomic mass is 10.0. The minimum absolute atomic E-state index is 0. The Labute approximate surface area is 186 Å². The molecule has 3 heterocycles. The van der Waals surface area contributed by atoms with E-state index in [4.69, 9.17) is 10.8 Å². The minimum atomic E-state index is -1.38. The zero-order valence-electron chi connectivity index (χ0n) is 14.5. The van der Waals surface area contributed by atoms with Crippen LogP contribution in [0.3, 0.4) is 0 Å². The number of carbonyl (C=O) groups is 3. The fourth-order valence-electron chi connectivity index (χ4n) is 2.78. The number of halogens is 1. The molecule has 11 heteroatoms. The molecule has 1 aromatic heterocycles. The van der Waals surface area contributed by atoms with Gasteiger partial charge in [0.05, 0.1) is 17.4 Å². The summed E-state index contributed by atoms with van der Waals surface area (Å²) in [6.07, 6.45) is 7.11. The fourth-order valence-corrected chi connectivity index (χ4v) is 4.65. The first-order valence-electron chi connectivity index (χ1n) is 8.03. The molecule has 0 radical (unpaired) electrons. The number of thioether (sulfide) groups is 2. The normalized spacial score (nSPS) is 21.2. The summed E-state index contributed by atoms with van der Waals surface area (Å²) < 4.78 is 1.87. The molecule has 2 atom stereocenters. The lowest BCUT2D eigenvalue weighted by molar-refractivity contribution is -0.687. The van der Waals surface area contributed by atoms with Crippen LogP contribution in [-0.2, 0) is 20.9 Å². The first kappa shape index (κ1) is 22.7. The Balaban J connectivity index is 0.00000280. The zero-order valence-corrected chi connectivity index (χ0v) is 18.5. The van der Waals surface area contributed by atoms with Crippen molar-refractivity contribution in [1.82, 2.24) is 4.90 Å². The van der Waals surface area contributed by atoms with Gasteiger partial charge < -0.3 is 20.7 Å². The van der Waals surface area contributed by atoms with Gasteiger partial charge in [-0.3, -0.25) is 14.5 Å². The van der Waals surface area contributed by atoms with Gasteiger partial charge in [-0.05, 0) is 11.6 Å². The van der Waals surface area contributed by atoms with Crippen LogP contribution >= 0.6 is 47.5 Å². The Hall–Kier alpha value is -1.57. The SMILES string of the molecule is I.N[C@@H]1C(=O)N2C(C(=O)[O-])=C(C=CC[n+]3ccc(SCC(=O)O)cc3)CS[C@H]12. The van der Waals surface area contributed by atoms with E-state index in [1.165, 1.54) is 28.4 Å². The molecule has 0 spiro atoms. The van der Waals surface area contributed by atoms with E-state index in [1.807, 2.05) is 29.1 Å². The highest BCUT2D eigenvalue weighted by Crippen LogP contribution is 2.39. The topological polar surface area (TPSA) is 128 Å². The van der Waals surface area contributed by atoms with Gasteiger partial charge in [0.25, 0.3) is 0 Å². The molecule has 3 rings (SSSR count). The van der Waals surface area contributed by atoms with Crippen LogP contribution in [0.25, 0.3) is 0 Å². The second kappa shape index (κ2) is 9.76. The first-order chi connectivity index (χ1) is 12.9. The molecular formula is C17H18IN3O5S2. The third kappa shape index (κ3) is 4.88. The molecule has 0 saturated carbocycles. The van der Waals surface area contributed by atoms with Gasteiger partial charge in [0, 0.05) is 22.8 Å². The number of pyridine rings is 1. The Kier molecular flexibility index (Phi) is 7.92. The second-order valence-corrected chi connectivity index (χ2v) is 8.07. The van der Waals surface area contributed by atoms with Crippen LogP contribution in [0.4, 0.5) is 0 Å². The van der Waals surface area contributed by atoms with Crippen molar-refractivity contribution in [1.29, 1.82) is 0 Å². The molecule has 1 amide bonds. The van der Waals surface area contributed by atoms with Crippen molar-refractivity contribution in [2.24, 2.45) is 5.73 Å². The molecule has 3 N–H and O–H groups in total. The molecule has 2 aliphatic rings. The summed E-state index contributed by atoms with van der Waals surface area (Å²) >= 11 is 2.67. The molecule has 8 nitrogen and oxygen atoms in total. The minimum Gasteiger partial charge on any atom is -0.543 e. The Morgan fingerprint density at radius 2 is 2.11 bits per heavy atom. The molecule has 150 valence electrons. The van der Waals surface area contributed by atoms with Crippen molar-refractivity contribution in [3.8, 4) is 0 Å². The molecule has 0 aliphatic carbocycles. The molecule has 28 heavy (non-hydrogen) atoms. The number of aromatic nitrogens is 1. The maximum absolute atomic E-state index is 11.9. The Morgan fingerprint density at radius 3 is 2.71 bits per heavy atom. The molecule has 2 aliphatic heterocycles. The molecule has 1 fully saturated rings. The highest BCUT2D eigenvalue weighted by Gasteiger charge is 2.49. The van der Waals surface area contributed by atoms with Gasteiger partial charge in [0.1, 0.15) is 11.4 Å². The summed E-state index contributed by atoms with van der Waals surface area (Å²) in [5.74, 6) is -2.21. The highest BCUT2D eigenvalue weighted by molar-refractivity contribution is 14.0. The maximum Gasteiger partial charge on any atom is 0.313 e. The Bertz CT molecular complexity index is 844. The van der Waals surface area contributed by atoms with Gasteiger partial charge in [-0.25, -0.2) is 4.57 Å². The summed E-state index contributed by atoms with van der Waals surface area (Å²) in [4.78, 5) is 36.0. The number of hydrogen-bond donors (Lipinski definition) is 2. The third-order valence-electron chi connectivity index (χ3n) is 4.09. The van der Waals surface area contributed by atoms with Crippen molar-refractivity contribution < 1.29 is 29.2 Å². The van der Waals surface area contributed by atoms with Crippen molar-refractivity contribution in [2.45, 2.75) is 22.9 Å². The maximum atomic E-state index is 11.9. The zero-order chi connectivity index (χ0) is 19.6. The molecule has 0 bridgehead atoms. The van der Waals surface area contributed by atoms with E-state index in [2.05, 4.69) is 0 Å². The average Bonchev–Trinajstić information content (AvgIpc) is 2.66. The number of rotatable bonds is 7. The quantitative estimate of drug-likeness (QED) is 0.209. The first-order valence-corrected chi connectivity index (χ1v) is 10.1. The van der Waals surface area contributed by atoms with Crippen LogP contribution in [0, 0.1) is 0 Å². The fraction of sp³-hybridized carbons (Fsp3) is 0.294. The van der Waals surface area contributed by atoms with E-state index in [9.17, 15) is 19.5 Å². The van der Waals surface area contributed by atoms with Crippen molar-refractivity contribution in [3.05, 3.63) is 47.9 Å². The number of carbonyl (C=O) groups excluding carboxylic acids is 2. The largest absolute Gasteiger partial charge is 0.543 e. The van der Waals surface area contributed by atoms with E-state index in [0.29, 0.717) is 17.9 Å². The van der Waals surface area contributed by atoms with Crippen molar-refractivity contribution in [3.63, 3.8) is 0 Å². The number of nitrogens with zero attached hydrogens (tertiary/aromatic N) is 2. The number of amides is 1. The summed E-state index contributed by atoms with van der Waals surface area (Å²) in [6.45, 7) is 0.495. The van der Waals surface area contributed by atoms with Gasteiger partial charge in [-0.2, -0.15) is 0 Å². The van der Waals surface area contributed by atoms with E-state index >= 15 is 0 Å². The van der Waals surface area contributed by atoms with Gasteiger partial charge in [-0.1, -0.05) is 6.08 Å². The third-order valence-corrected chi connectivity index (χ3v) is 6.41. The predicted molar refractivity (Wildman–Crippen MR) is 113 cm³/mol. The van der Waals surface area contributed by atoms with Crippen LogP contribution in [0.2, 0.25) is 0 Å². The van der Waals surface area contributed by atoms with E-state index < -0.39 is 23.9 Å². The number of allylic oxidation sites excluding steroid dienone is 2. The van der Waals surface area contributed by atoms with E-state index in [0.717, 1.165) is 4.90 Å². The summed E-state index contributed by atoms with van der Waals surface area (Å²) in [5, 5.41) is 19.8. The van der Waals surface area contributed by atoms with E-state index in [-0.39, 0.29) is 40.8 Å². The predicted octanol–water partition coefficient (Wildman–Crippen LogP) is -0.429. The Morgan fingerprint density at radius 1 is 1.43 bits per heavy atom. The molecule has 0 unspecified atom stereocenters. The van der Waals surface area contributed by atoms with Crippen LogP contribution in [0.1, 0.15) is 0 Å². The number of β-lactam (4-membered cyclic amide) rings is 1. The lowest BCUT2D eigenvalue weighted by Gasteiger charge is -2.49. The second-order valence-electron chi connectivity index (χ2n) is 5.91. The van der Waals surface area contributed by atoms with Crippen LogP contribution in [0.5, 0.6) is 0 Å². The smallest absolute Gasteiger partial charge is 0.313 e. The van der Waals surface area contributed by atoms with Crippen LogP contribution in [-0.4, -0.2) is 50.8 Å². The number of nitrogens with two attached hydrogens (primary N) is 1. The van der Waals surface area contributed by atoms with Crippen LogP contribution in [0.15, 0.2) is 52.8 Å². The summed E-state index contributed by atoms with van der Waals surface area (Å²) in [7, 11) is 0. The van der Waals surface area contributed by atoms with Crippen molar-refractivity contribution in [2.75, 3.05) is 11.5 Å². The van der Waals surface area contributed by atoms with Gasteiger partial charge in [0.15, 0.2) is 18.9 Å². The van der Waals surface area contributed by atoms with E-state index in [1.54, 1.807) is 12.2 Å². The average molecular weight is 535 g/mol. The number of carboxylic acid groups (broad SMARTS) is 2. The number of fused-ring (bicyclic) bond motifs is 1. The number of hydrogen-bond acceptors (Lipinski definition) is 7. The molecule has 1 aromatic rings. The number of carboxylic acids is 2. The summed E-state index contributed by atoms with van der Waals surface area (Å²) in [5.41, 5.74) is 6.12. The number of aliphatic carboxylic acids is 2. The van der Waals surface area contributed by atoms with Gasteiger partial charge in [-0.15, -0.1) is 47.5 Å². The van der Waals surface area contributed by atoms with Gasteiger partial charge >= 0.3 is 5.97 Å². The molecule has 1 saturated heterocycles. The molecular weight excluding hydrogens is 517 g/mol. The monoisotopic (exact) mass is 535 g/mol. The highest BCUT2D eigenvalue weighted by atomic mass is 127.